The Kier molecular flexibility index (Phi) is 5.57. The number of hydrogen-bond acceptors (Lipinski definition) is 3. The molecule has 0 amide bonds. The summed E-state index contributed by atoms with van der Waals surface area (Å²) in [6, 6.07) is 24.3. The van der Waals surface area contributed by atoms with E-state index in [-0.39, 0.29) is 12.1 Å². The monoisotopic (exact) mass is 503 g/mol. The number of furan rings is 1. The number of hydrogen-bond donors (Lipinski definition) is 1. The van der Waals surface area contributed by atoms with E-state index >= 15 is 0 Å². The fourth-order valence-corrected chi connectivity index (χ4v) is 4.69. The lowest BCUT2D eigenvalue weighted by atomic mass is 10.0. The van der Waals surface area contributed by atoms with Crippen molar-refractivity contribution in [3.8, 4) is 11.3 Å². The summed E-state index contributed by atoms with van der Waals surface area (Å²) in [5.41, 5.74) is 5.46. The molecule has 1 fully saturated rings. The number of rotatable bonds is 4. The lowest BCUT2D eigenvalue weighted by Crippen LogP contribution is -2.29. The van der Waals surface area contributed by atoms with Crippen LogP contribution in [0.1, 0.15) is 34.7 Å². The zero-order valence-electron chi connectivity index (χ0n) is 17.7. The fourth-order valence-electron chi connectivity index (χ4n) is 4.08. The highest BCUT2D eigenvalue weighted by atomic mass is 79.9. The standard InChI is InChI=1S/C26H22BrN3OS/c1-16-6-11-20(15-17(16)2)30-25(24(29-26(30)32)21-5-3-4-14-28-21)23-13-12-22(31-23)18-7-9-19(27)10-8-18/h3-15,24-25H,1-2H3,(H,29,32)/t24-,25+/m1/s1. The summed E-state index contributed by atoms with van der Waals surface area (Å²) in [5, 5.41) is 4.15. The molecule has 1 aliphatic heterocycles. The second kappa shape index (κ2) is 8.52. The van der Waals surface area contributed by atoms with Crippen LogP contribution in [0.2, 0.25) is 0 Å². The van der Waals surface area contributed by atoms with Crippen molar-refractivity contribution in [1.29, 1.82) is 0 Å². The Morgan fingerprint density at radius 3 is 2.50 bits per heavy atom. The van der Waals surface area contributed by atoms with Crippen LogP contribution in [0.3, 0.4) is 0 Å². The number of aryl methyl sites for hydroxylation is 2. The molecule has 0 unspecified atom stereocenters. The molecular weight excluding hydrogens is 482 g/mol. The van der Waals surface area contributed by atoms with Gasteiger partial charge < -0.3 is 14.6 Å². The van der Waals surface area contributed by atoms with Gasteiger partial charge in [-0.05, 0) is 85.7 Å². The first kappa shape index (κ1) is 20.9. The SMILES string of the molecule is Cc1ccc(N2C(=S)N[C@H](c3ccccn3)[C@@H]2c2ccc(-c3ccc(Br)cc3)o2)cc1C. The Morgan fingerprint density at radius 1 is 0.969 bits per heavy atom. The molecule has 0 aliphatic carbocycles. The van der Waals surface area contributed by atoms with Gasteiger partial charge in [-0.2, -0.15) is 0 Å². The highest BCUT2D eigenvalue weighted by Gasteiger charge is 2.42. The van der Waals surface area contributed by atoms with Gasteiger partial charge in [-0.25, -0.2) is 0 Å². The molecule has 0 saturated carbocycles. The number of nitrogens with zero attached hydrogens (tertiary/aromatic N) is 2. The van der Waals surface area contributed by atoms with Gasteiger partial charge in [0, 0.05) is 21.9 Å². The van der Waals surface area contributed by atoms with Crippen LogP contribution in [-0.4, -0.2) is 10.1 Å². The van der Waals surface area contributed by atoms with Gasteiger partial charge in [0.15, 0.2) is 5.11 Å². The lowest BCUT2D eigenvalue weighted by Gasteiger charge is -2.26. The molecule has 0 spiro atoms. The van der Waals surface area contributed by atoms with Gasteiger partial charge in [0.2, 0.25) is 0 Å². The van der Waals surface area contributed by atoms with Crippen molar-refractivity contribution in [2.45, 2.75) is 25.9 Å². The van der Waals surface area contributed by atoms with E-state index < -0.39 is 0 Å². The highest BCUT2D eigenvalue weighted by Crippen LogP contribution is 2.43. The summed E-state index contributed by atoms with van der Waals surface area (Å²) >= 11 is 9.30. The Bertz CT molecular complexity index is 1270. The molecular formula is C26H22BrN3OS. The Balaban J connectivity index is 1.60. The van der Waals surface area contributed by atoms with Crippen molar-refractivity contribution < 1.29 is 4.42 Å². The molecule has 5 rings (SSSR count). The van der Waals surface area contributed by atoms with Crippen LogP contribution in [0.15, 0.2) is 87.9 Å². The summed E-state index contributed by atoms with van der Waals surface area (Å²) in [7, 11) is 0. The topological polar surface area (TPSA) is 41.3 Å². The second-order valence-electron chi connectivity index (χ2n) is 7.97. The summed E-state index contributed by atoms with van der Waals surface area (Å²) in [4.78, 5) is 6.75. The molecule has 2 aromatic carbocycles. The van der Waals surface area contributed by atoms with Gasteiger partial charge in [0.25, 0.3) is 0 Å². The Hall–Kier alpha value is -2.96. The van der Waals surface area contributed by atoms with Crippen molar-refractivity contribution in [3.05, 3.63) is 106 Å². The van der Waals surface area contributed by atoms with Crippen molar-refractivity contribution in [3.63, 3.8) is 0 Å². The van der Waals surface area contributed by atoms with Crippen molar-refractivity contribution in [2.24, 2.45) is 0 Å². The maximum atomic E-state index is 6.41. The molecule has 32 heavy (non-hydrogen) atoms. The van der Waals surface area contributed by atoms with Gasteiger partial charge in [-0.3, -0.25) is 4.98 Å². The minimum atomic E-state index is -0.163. The van der Waals surface area contributed by atoms with E-state index in [1.165, 1.54) is 11.1 Å². The van der Waals surface area contributed by atoms with Gasteiger partial charge in [-0.15, -0.1) is 0 Å². The smallest absolute Gasteiger partial charge is 0.174 e. The van der Waals surface area contributed by atoms with E-state index in [0.717, 1.165) is 32.9 Å². The number of halogens is 1. The third-order valence-corrected chi connectivity index (χ3v) is 6.76. The van der Waals surface area contributed by atoms with Crippen LogP contribution < -0.4 is 10.2 Å². The molecule has 0 bridgehead atoms. The lowest BCUT2D eigenvalue weighted by molar-refractivity contribution is 0.439. The van der Waals surface area contributed by atoms with Gasteiger partial charge >= 0.3 is 0 Å². The van der Waals surface area contributed by atoms with Crippen LogP contribution in [0.4, 0.5) is 5.69 Å². The number of aromatic nitrogens is 1. The average molecular weight is 504 g/mol. The third-order valence-electron chi connectivity index (χ3n) is 5.91. The van der Waals surface area contributed by atoms with Gasteiger partial charge in [0.1, 0.15) is 17.6 Å². The van der Waals surface area contributed by atoms with Crippen molar-refractivity contribution in [2.75, 3.05) is 4.90 Å². The van der Waals surface area contributed by atoms with Crippen LogP contribution in [0, 0.1) is 13.8 Å². The van der Waals surface area contributed by atoms with E-state index in [1.54, 1.807) is 0 Å². The molecule has 0 radical (unpaired) electrons. The summed E-state index contributed by atoms with van der Waals surface area (Å²) in [6.45, 7) is 4.24. The molecule has 1 saturated heterocycles. The Labute approximate surface area is 201 Å². The molecule has 3 heterocycles. The number of anilines is 1. The Morgan fingerprint density at radius 2 is 1.78 bits per heavy atom. The molecule has 6 heteroatoms. The van der Waals surface area contributed by atoms with Crippen LogP contribution in [0.25, 0.3) is 11.3 Å². The number of thiocarbonyl (C=S) groups is 1. The summed E-state index contributed by atoms with van der Waals surface area (Å²) < 4.78 is 7.45. The number of benzene rings is 2. The predicted octanol–water partition coefficient (Wildman–Crippen LogP) is 6.90. The maximum Gasteiger partial charge on any atom is 0.174 e. The van der Waals surface area contributed by atoms with Crippen molar-refractivity contribution in [1.82, 2.24) is 10.3 Å². The summed E-state index contributed by atoms with van der Waals surface area (Å²) in [5.74, 6) is 1.66. The number of nitrogens with one attached hydrogen (secondary N) is 1. The highest BCUT2D eigenvalue weighted by molar-refractivity contribution is 9.10. The second-order valence-corrected chi connectivity index (χ2v) is 9.28. The first-order valence-corrected chi connectivity index (χ1v) is 11.6. The maximum absolute atomic E-state index is 6.41. The average Bonchev–Trinajstić information content (AvgIpc) is 3.41. The first-order valence-electron chi connectivity index (χ1n) is 10.4. The van der Waals surface area contributed by atoms with E-state index in [0.29, 0.717) is 5.11 Å². The van der Waals surface area contributed by atoms with E-state index in [1.807, 2.05) is 60.8 Å². The van der Waals surface area contributed by atoms with Crippen LogP contribution in [0.5, 0.6) is 0 Å². The fraction of sp³-hybridized carbons (Fsp3) is 0.154. The van der Waals surface area contributed by atoms with Crippen LogP contribution in [-0.2, 0) is 0 Å². The zero-order valence-corrected chi connectivity index (χ0v) is 20.2. The molecule has 4 nitrogen and oxygen atoms in total. The third kappa shape index (κ3) is 3.85. The zero-order chi connectivity index (χ0) is 22.2. The number of pyridine rings is 1. The quantitative estimate of drug-likeness (QED) is 0.306. The van der Waals surface area contributed by atoms with Crippen molar-refractivity contribution >= 4 is 38.9 Å². The molecule has 1 N–H and O–H groups in total. The molecule has 160 valence electrons. The van der Waals surface area contributed by atoms with Gasteiger partial charge in [-0.1, -0.05) is 40.2 Å². The van der Waals surface area contributed by atoms with E-state index in [9.17, 15) is 0 Å². The summed E-state index contributed by atoms with van der Waals surface area (Å²) in [6.07, 6.45) is 1.81. The predicted molar refractivity (Wildman–Crippen MR) is 136 cm³/mol. The van der Waals surface area contributed by atoms with E-state index in [4.69, 9.17) is 16.6 Å². The largest absolute Gasteiger partial charge is 0.459 e. The normalized spacial score (nSPS) is 18.1. The molecule has 4 aromatic rings. The minimum absolute atomic E-state index is 0.130. The minimum Gasteiger partial charge on any atom is -0.459 e. The van der Waals surface area contributed by atoms with E-state index in [2.05, 4.69) is 63.2 Å². The van der Waals surface area contributed by atoms with Gasteiger partial charge in [0.05, 0.1) is 11.7 Å². The van der Waals surface area contributed by atoms with Crippen LogP contribution >= 0.6 is 28.1 Å². The first-order chi connectivity index (χ1) is 15.5. The molecule has 1 aliphatic rings. The molecule has 2 atom stereocenters. The molecule has 2 aromatic heterocycles.